The molecule has 0 saturated carbocycles. The average molecular weight is 257 g/mol. The molecule has 0 radical (unpaired) electrons. The lowest BCUT2D eigenvalue weighted by molar-refractivity contribution is 0.0196. The van der Waals surface area contributed by atoms with Gasteiger partial charge in [0.15, 0.2) is 5.78 Å². The number of Topliss-reactive ketones (excluding diaryl/α,β-unsaturated/α-hetero) is 1. The largest absolute Gasteiger partial charge is 0.383 e. The van der Waals surface area contributed by atoms with Crippen LogP contribution in [0.3, 0.4) is 0 Å². The third-order valence-corrected chi connectivity index (χ3v) is 2.62. The molecule has 0 spiro atoms. The first-order valence-corrected chi connectivity index (χ1v) is 5.63. The quantitative estimate of drug-likeness (QED) is 0.844. The van der Waals surface area contributed by atoms with E-state index in [1.165, 1.54) is 19.4 Å². The lowest BCUT2D eigenvalue weighted by Gasteiger charge is -2.28. The van der Waals surface area contributed by atoms with Gasteiger partial charge in [0, 0.05) is 13.3 Å². The number of ketones is 1. The van der Waals surface area contributed by atoms with Gasteiger partial charge in [0.2, 0.25) is 0 Å². The smallest absolute Gasteiger partial charge is 0.195 e. The standard InChI is InChI=1S/C12H17ClN2O2/c1-12(2,3)10(17-4)9(16)8-5-7(13)6-15-11(8)14/h5-6,10H,1-4H3,(H2,14,15). The van der Waals surface area contributed by atoms with E-state index in [2.05, 4.69) is 4.98 Å². The zero-order valence-corrected chi connectivity index (χ0v) is 11.2. The van der Waals surface area contributed by atoms with E-state index in [0.29, 0.717) is 10.6 Å². The van der Waals surface area contributed by atoms with Gasteiger partial charge in [0.05, 0.1) is 10.6 Å². The van der Waals surface area contributed by atoms with Crippen LogP contribution in [0.4, 0.5) is 5.82 Å². The monoisotopic (exact) mass is 256 g/mol. The topological polar surface area (TPSA) is 65.2 Å². The number of nitrogen functional groups attached to an aromatic ring is 1. The Hall–Kier alpha value is -1.13. The molecule has 1 heterocycles. The van der Waals surface area contributed by atoms with Crippen molar-refractivity contribution in [2.24, 2.45) is 5.41 Å². The van der Waals surface area contributed by atoms with Crippen molar-refractivity contribution in [1.29, 1.82) is 0 Å². The Balaban J connectivity index is 3.15. The molecule has 0 saturated heterocycles. The minimum Gasteiger partial charge on any atom is -0.383 e. The summed E-state index contributed by atoms with van der Waals surface area (Å²) in [5.41, 5.74) is 5.67. The van der Waals surface area contributed by atoms with Crippen molar-refractivity contribution in [1.82, 2.24) is 4.98 Å². The maximum Gasteiger partial charge on any atom is 0.195 e. The van der Waals surface area contributed by atoms with Crippen LogP contribution in [0.25, 0.3) is 0 Å². The Morgan fingerprint density at radius 3 is 2.59 bits per heavy atom. The minimum absolute atomic E-state index is 0.172. The Bertz CT molecular complexity index is 427. The highest BCUT2D eigenvalue weighted by Gasteiger charge is 2.33. The van der Waals surface area contributed by atoms with Gasteiger partial charge in [0.1, 0.15) is 11.9 Å². The molecule has 0 aromatic carbocycles. The molecule has 0 amide bonds. The first kappa shape index (κ1) is 13.9. The normalized spacial score (nSPS) is 13.5. The summed E-state index contributed by atoms with van der Waals surface area (Å²) in [6.07, 6.45) is 0.831. The van der Waals surface area contributed by atoms with E-state index in [1.54, 1.807) is 0 Å². The number of halogens is 1. The van der Waals surface area contributed by atoms with Crippen LogP contribution in [0.2, 0.25) is 5.02 Å². The third kappa shape index (κ3) is 3.17. The Morgan fingerprint density at radius 1 is 1.53 bits per heavy atom. The number of aromatic nitrogens is 1. The summed E-state index contributed by atoms with van der Waals surface area (Å²) in [4.78, 5) is 16.2. The number of methoxy groups -OCH3 is 1. The molecule has 0 aliphatic heterocycles. The van der Waals surface area contributed by atoms with Gasteiger partial charge < -0.3 is 10.5 Å². The predicted molar refractivity (Wildman–Crippen MR) is 68.2 cm³/mol. The number of hydrogen-bond acceptors (Lipinski definition) is 4. The molecule has 1 rings (SSSR count). The van der Waals surface area contributed by atoms with Crippen molar-refractivity contribution in [2.75, 3.05) is 12.8 Å². The van der Waals surface area contributed by atoms with E-state index in [9.17, 15) is 4.79 Å². The SMILES string of the molecule is COC(C(=O)c1cc(Cl)cnc1N)C(C)(C)C. The number of nitrogens with zero attached hydrogens (tertiary/aromatic N) is 1. The van der Waals surface area contributed by atoms with Crippen molar-refractivity contribution >= 4 is 23.2 Å². The molecular weight excluding hydrogens is 240 g/mol. The van der Waals surface area contributed by atoms with E-state index in [-0.39, 0.29) is 17.0 Å². The Labute approximate surface area is 106 Å². The Morgan fingerprint density at radius 2 is 2.12 bits per heavy atom. The van der Waals surface area contributed by atoms with Crippen molar-refractivity contribution in [2.45, 2.75) is 26.9 Å². The Kier molecular flexibility index (Phi) is 4.11. The molecule has 0 aliphatic rings. The van der Waals surface area contributed by atoms with Crippen molar-refractivity contribution in [3.05, 3.63) is 22.8 Å². The van der Waals surface area contributed by atoms with E-state index in [0.717, 1.165) is 0 Å². The van der Waals surface area contributed by atoms with Crippen LogP contribution in [-0.2, 0) is 4.74 Å². The zero-order chi connectivity index (χ0) is 13.2. The third-order valence-electron chi connectivity index (χ3n) is 2.41. The van der Waals surface area contributed by atoms with Crippen LogP contribution in [0.1, 0.15) is 31.1 Å². The van der Waals surface area contributed by atoms with Gasteiger partial charge in [-0.25, -0.2) is 4.98 Å². The number of ether oxygens (including phenoxy) is 1. The molecule has 1 aromatic rings. The molecular formula is C12H17ClN2O2. The molecule has 5 heteroatoms. The number of rotatable bonds is 3. The predicted octanol–water partition coefficient (Wildman–Crippen LogP) is 2.56. The van der Waals surface area contributed by atoms with Gasteiger partial charge >= 0.3 is 0 Å². The van der Waals surface area contributed by atoms with Crippen LogP contribution < -0.4 is 5.73 Å². The fourth-order valence-corrected chi connectivity index (χ4v) is 1.80. The molecule has 0 bridgehead atoms. The van der Waals surface area contributed by atoms with Crippen molar-refractivity contribution < 1.29 is 9.53 Å². The number of nitrogens with two attached hydrogens (primary N) is 1. The minimum atomic E-state index is -0.579. The molecule has 0 aliphatic carbocycles. The molecule has 4 nitrogen and oxygen atoms in total. The number of pyridine rings is 1. The summed E-state index contributed by atoms with van der Waals surface area (Å²) in [6, 6.07) is 1.52. The molecule has 94 valence electrons. The molecule has 0 fully saturated rings. The number of anilines is 1. The zero-order valence-electron chi connectivity index (χ0n) is 10.5. The van der Waals surface area contributed by atoms with Gasteiger partial charge in [-0.1, -0.05) is 32.4 Å². The number of carbonyl (C=O) groups excluding carboxylic acids is 1. The second-order valence-electron chi connectivity index (χ2n) is 4.93. The number of hydrogen-bond donors (Lipinski definition) is 1. The van der Waals surface area contributed by atoms with E-state index < -0.39 is 6.10 Å². The highest BCUT2D eigenvalue weighted by atomic mass is 35.5. The highest BCUT2D eigenvalue weighted by Crippen LogP contribution is 2.27. The fourth-order valence-electron chi connectivity index (χ4n) is 1.64. The van der Waals surface area contributed by atoms with E-state index >= 15 is 0 Å². The fraction of sp³-hybridized carbons (Fsp3) is 0.500. The number of carbonyl (C=O) groups is 1. The molecule has 17 heavy (non-hydrogen) atoms. The van der Waals surface area contributed by atoms with Gasteiger partial charge in [-0.15, -0.1) is 0 Å². The van der Waals surface area contributed by atoms with E-state index in [1.807, 2.05) is 20.8 Å². The molecule has 2 N–H and O–H groups in total. The second-order valence-corrected chi connectivity index (χ2v) is 5.37. The average Bonchev–Trinajstić information content (AvgIpc) is 2.20. The van der Waals surface area contributed by atoms with Gasteiger partial charge in [-0.2, -0.15) is 0 Å². The lowest BCUT2D eigenvalue weighted by Crippen LogP contribution is -2.36. The van der Waals surface area contributed by atoms with E-state index in [4.69, 9.17) is 22.1 Å². The molecule has 1 unspecified atom stereocenters. The first-order valence-electron chi connectivity index (χ1n) is 5.25. The first-order chi connectivity index (χ1) is 7.77. The second kappa shape index (κ2) is 5.02. The van der Waals surface area contributed by atoms with Crippen LogP contribution in [0.5, 0.6) is 0 Å². The van der Waals surface area contributed by atoms with Crippen LogP contribution in [-0.4, -0.2) is 24.0 Å². The van der Waals surface area contributed by atoms with Gasteiger partial charge in [0.25, 0.3) is 0 Å². The summed E-state index contributed by atoms with van der Waals surface area (Å²) in [5, 5.41) is 0.381. The lowest BCUT2D eigenvalue weighted by atomic mass is 9.84. The van der Waals surface area contributed by atoms with Crippen molar-refractivity contribution in [3.8, 4) is 0 Å². The van der Waals surface area contributed by atoms with Gasteiger partial charge in [-0.3, -0.25) is 4.79 Å². The van der Waals surface area contributed by atoms with Crippen molar-refractivity contribution in [3.63, 3.8) is 0 Å². The van der Waals surface area contributed by atoms with Crippen LogP contribution in [0, 0.1) is 5.41 Å². The highest BCUT2D eigenvalue weighted by molar-refractivity contribution is 6.31. The maximum absolute atomic E-state index is 12.3. The summed E-state index contributed by atoms with van der Waals surface area (Å²) < 4.78 is 5.25. The summed E-state index contributed by atoms with van der Waals surface area (Å²) in [6.45, 7) is 5.77. The summed E-state index contributed by atoms with van der Waals surface area (Å²) in [7, 11) is 1.50. The summed E-state index contributed by atoms with van der Waals surface area (Å²) in [5.74, 6) is -0.0294. The molecule has 1 aromatic heterocycles. The summed E-state index contributed by atoms with van der Waals surface area (Å²) >= 11 is 5.81. The van der Waals surface area contributed by atoms with Crippen LogP contribution >= 0.6 is 11.6 Å². The van der Waals surface area contributed by atoms with Crippen LogP contribution in [0.15, 0.2) is 12.3 Å². The maximum atomic E-state index is 12.3. The molecule has 1 atom stereocenters. The van der Waals surface area contributed by atoms with Gasteiger partial charge in [-0.05, 0) is 11.5 Å².